The zero-order valence-electron chi connectivity index (χ0n) is 10.4. The third-order valence-electron chi connectivity index (χ3n) is 3.14. The molecule has 4 heteroatoms. The van der Waals surface area contributed by atoms with Crippen molar-refractivity contribution in [1.29, 1.82) is 0 Å². The second-order valence-electron chi connectivity index (χ2n) is 4.38. The Labute approximate surface area is 98.4 Å². The third kappa shape index (κ3) is 4.78. The summed E-state index contributed by atoms with van der Waals surface area (Å²) in [6.07, 6.45) is 5.58. The van der Waals surface area contributed by atoms with Gasteiger partial charge < -0.3 is 19.9 Å². The highest BCUT2D eigenvalue weighted by molar-refractivity contribution is 4.89. The summed E-state index contributed by atoms with van der Waals surface area (Å²) in [6.45, 7) is 3.60. The third-order valence-corrected chi connectivity index (χ3v) is 3.14. The van der Waals surface area contributed by atoms with Crippen molar-refractivity contribution < 1.29 is 14.2 Å². The van der Waals surface area contributed by atoms with E-state index in [0.717, 1.165) is 32.6 Å². The normalized spacial score (nSPS) is 18.4. The van der Waals surface area contributed by atoms with E-state index in [1.807, 2.05) is 0 Å². The van der Waals surface area contributed by atoms with Crippen LogP contribution in [0.2, 0.25) is 0 Å². The SMILES string of the molecule is COCCOCCCOC1(CCN)CCC1. The first-order chi connectivity index (χ1) is 7.83. The first-order valence-corrected chi connectivity index (χ1v) is 6.24. The molecule has 0 heterocycles. The molecule has 1 aliphatic carbocycles. The van der Waals surface area contributed by atoms with Crippen molar-refractivity contribution in [2.75, 3.05) is 40.1 Å². The minimum Gasteiger partial charge on any atom is -0.382 e. The van der Waals surface area contributed by atoms with Crippen molar-refractivity contribution >= 4 is 0 Å². The van der Waals surface area contributed by atoms with Gasteiger partial charge in [-0.2, -0.15) is 0 Å². The average Bonchev–Trinajstić information content (AvgIpc) is 2.24. The Morgan fingerprint density at radius 3 is 2.50 bits per heavy atom. The first-order valence-electron chi connectivity index (χ1n) is 6.24. The van der Waals surface area contributed by atoms with E-state index in [2.05, 4.69) is 0 Å². The fraction of sp³-hybridized carbons (Fsp3) is 1.00. The van der Waals surface area contributed by atoms with Gasteiger partial charge in [0.1, 0.15) is 0 Å². The number of ether oxygens (including phenoxy) is 3. The Morgan fingerprint density at radius 2 is 1.94 bits per heavy atom. The van der Waals surface area contributed by atoms with Crippen LogP contribution in [-0.2, 0) is 14.2 Å². The van der Waals surface area contributed by atoms with E-state index in [-0.39, 0.29) is 5.60 Å². The van der Waals surface area contributed by atoms with Crippen LogP contribution in [0.1, 0.15) is 32.1 Å². The van der Waals surface area contributed by atoms with Crippen LogP contribution < -0.4 is 5.73 Å². The second kappa shape index (κ2) is 8.01. The molecule has 0 bridgehead atoms. The van der Waals surface area contributed by atoms with Crippen molar-refractivity contribution in [2.45, 2.75) is 37.7 Å². The van der Waals surface area contributed by atoms with Crippen LogP contribution in [0.25, 0.3) is 0 Å². The number of hydrogen-bond acceptors (Lipinski definition) is 4. The summed E-state index contributed by atoms with van der Waals surface area (Å²) in [5.74, 6) is 0. The molecule has 1 rings (SSSR count). The zero-order chi connectivity index (χ0) is 11.7. The van der Waals surface area contributed by atoms with Crippen molar-refractivity contribution in [2.24, 2.45) is 5.73 Å². The fourth-order valence-electron chi connectivity index (χ4n) is 1.99. The number of hydrogen-bond donors (Lipinski definition) is 1. The predicted octanol–water partition coefficient (Wildman–Crippen LogP) is 1.33. The molecule has 0 unspecified atom stereocenters. The average molecular weight is 231 g/mol. The number of rotatable bonds is 10. The number of methoxy groups -OCH3 is 1. The molecule has 0 radical (unpaired) electrons. The van der Waals surface area contributed by atoms with Gasteiger partial charge in [-0.3, -0.25) is 0 Å². The Bertz CT molecular complexity index is 172. The summed E-state index contributed by atoms with van der Waals surface area (Å²) >= 11 is 0. The fourth-order valence-corrected chi connectivity index (χ4v) is 1.99. The maximum atomic E-state index is 5.92. The van der Waals surface area contributed by atoms with Gasteiger partial charge in [-0.05, 0) is 38.6 Å². The monoisotopic (exact) mass is 231 g/mol. The van der Waals surface area contributed by atoms with Gasteiger partial charge in [0.2, 0.25) is 0 Å². The summed E-state index contributed by atoms with van der Waals surface area (Å²) in [5.41, 5.74) is 5.70. The lowest BCUT2D eigenvalue weighted by atomic mass is 9.77. The Hall–Kier alpha value is -0.160. The van der Waals surface area contributed by atoms with Gasteiger partial charge in [-0.15, -0.1) is 0 Å². The molecular weight excluding hydrogens is 206 g/mol. The number of nitrogens with two attached hydrogens (primary N) is 1. The van der Waals surface area contributed by atoms with Gasteiger partial charge in [0, 0.05) is 20.3 Å². The van der Waals surface area contributed by atoms with Crippen LogP contribution >= 0.6 is 0 Å². The summed E-state index contributed by atoms with van der Waals surface area (Å²) in [7, 11) is 1.68. The highest BCUT2D eigenvalue weighted by Gasteiger charge is 2.36. The molecule has 1 saturated carbocycles. The van der Waals surface area contributed by atoms with E-state index >= 15 is 0 Å². The van der Waals surface area contributed by atoms with Crippen LogP contribution in [0.3, 0.4) is 0 Å². The minimum atomic E-state index is 0.112. The molecule has 96 valence electrons. The molecular formula is C12H25NO3. The van der Waals surface area contributed by atoms with E-state index in [1.165, 1.54) is 19.3 Å². The summed E-state index contributed by atoms with van der Waals surface area (Å²) in [5, 5.41) is 0. The van der Waals surface area contributed by atoms with E-state index in [0.29, 0.717) is 13.2 Å². The molecule has 1 fully saturated rings. The zero-order valence-corrected chi connectivity index (χ0v) is 10.4. The van der Waals surface area contributed by atoms with E-state index < -0.39 is 0 Å². The smallest absolute Gasteiger partial charge is 0.0700 e. The molecule has 1 aliphatic rings. The maximum absolute atomic E-state index is 5.92. The lowest BCUT2D eigenvalue weighted by molar-refractivity contribution is -0.107. The highest BCUT2D eigenvalue weighted by Crippen LogP contribution is 2.38. The van der Waals surface area contributed by atoms with Gasteiger partial charge >= 0.3 is 0 Å². The quantitative estimate of drug-likeness (QED) is 0.576. The van der Waals surface area contributed by atoms with Gasteiger partial charge in [-0.25, -0.2) is 0 Å². The first kappa shape index (κ1) is 13.9. The van der Waals surface area contributed by atoms with E-state index in [4.69, 9.17) is 19.9 Å². The summed E-state index contributed by atoms with van der Waals surface area (Å²) in [4.78, 5) is 0. The molecule has 0 amide bonds. The van der Waals surface area contributed by atoms with Crippen LogP contribution in [0, 0.1) is 0 Å². The molecule has 16 heavy (non-hydrogen) atoms. The molecule has 0 saturated heterocycles. The van der Waals surface area contributed by atoms with E-state index in [1.54, 1.807) is 7.11 Å². The standard InChI is InChI=1S/C12H25NO3/c1-14-10-11-15-8-3-9-16-12(6-7-13)4-2-5-12/h2-11,13H2,1H3. The van der Waals surface area contributed by atoms with Crippen LogP contribution in [0.5, 0.6) is 0 Å². The van der Waals surface area contributed by atoms with Gasteiger partial charge in [0.25, 0.3) is 0 Å². The van der Waals surface area contributed by atoms with Crippen molar-refractivity contribution in [3.8, 4) is 0 Å². The van der Waals surface area contributed by atoms with Crippen LogP contribution in [-0.4, -0.2) is 45.7 Å². The Morgan fingerprint density at radius 1 is 1.12 bits per heavy atom. The lowest BCUT2D eigenvalue weighted by Gasteiger charge is -2.41. The van der Waals surface area contributed by atoms with Gasteiger partial charge in [-0.1, -0.05) is 0 Å². The molecule has 0 spiro atoms. The van der Waals surface area contributed by atoms with Crippen LogP contribution in [0.4, 0.5) is 0 Å². The highest BCUT2D eigenvalue weighted by atomic mass is 16.5. The molecule has 0 aromatic carbocycles. The Balaban J connectivity index is 1.93. The van der Waals surface area contributed by atoms with Crippen molar-refractivity contribution in [3.63, 3.8) is 0 Å². The summed E-state index contributed by atoms with van der Waals surface area (Å²) < 4.78 is 16.2. The van der Waals surface area contributed by atoms with E-state index in [9.17, 15) is 0 Å². The molecule has 0 aromatic rings. The molecule has 2 N–H and O–H groups in total. The molecule has 4 nitrogen and oxygen atoms in total. The summed E-state index contributed by atoms with van der Waals surface area (Å²) in [6, 6.07) is 0. The van der Waals surface area contributed by atoms with Crippen molar-refractivity contribution in [3.05, 3.63) is 0 Å². The molecule has 0 aromatic heterocycles. The van der Waals surface area contributed by atoms with Crippen LogP contribution in [0.15, 0.2) is 0 Å². The van der Waals surface area contributed by atoms with Crippen molar-refractivity contribution in [1.82, 2.24) is 0 Å². The molecule has 0 atom stereocenters. The minimum absolute atomic E-state index is 0.112. The topological polar surface area (TPSA) is 53.7 Å². The maximum Gasteiger partial charge on any atom is 0.0700 e. The predicted molar refractivity (Wildman–Crippen MR) is 63.5 cm³/mol. The second-order valence-corrected chi connectivity index (χ2v) is 4.38. The Kier molecular flexibility index (Phi) is 6.96. The molecule has 0 aliphatic heterocycles. The largest absolute Gasteiger partial charge is 0.382 e. The lowest BCUT2D eigenvalue weighted by Crippen LogP contribution is -2.42. The van der Waals surface area contributed by atoms with Gasteiger partial charge in [0.05, 0.1) is 18.8 Å². The van der Waals surface area contributed by atoms with Gasteiger partial charge in [0.15, 0.2) is 0 Å².